The van der Waals surface area contributed by atoms with Crippen LogP contribution >= 0.6 is 0 Å². The molecule has 7 rings (SSSR count). The van der Waals surface area contributed by atoms with Crippen LogP contribution in [-0.4, -0.2) is 69.1 Å². The van der Waals surface area contributed by atoms with Crippen molar-refractivity contribution in [2.24, 2.45) is 0 Å². The molecule has 0 amide bonds. The zero-order valence-corrected chi connectivity index (χ0v) is 39.4. The van der Waals surface area contributed by atoms with Crippen LogP contribution < -0.4 is 14.2 Å². The van der Waals surface area contributed by atoms with Crippen molar-refractivity contribution in [2.75, 3.05) is 20.0 Å². The Morgan fingerprint density at radius 2 is 0.857 bits per heavy atom. The molecule has 13 nitrogen and oxygen atoms in total. The highest BCUT2D eigenvalue weighted by atomic mass is 16.7. The van der Waals surface area contributed by atoms with Crippen LogP contribution in [0.15, 0.2) is 121 Å². The molecular weight excluding hydrogens is 893 g/mol. The van der Waals surface area contributed by atoms with Gasteiger partial charge in [-0.25, -0.2) is 9.59 Å². The van der Waals surface area contributed by atoms with Gasteiger partial charge in [-0.15, -0.1) is 0 Å². The van der Waals surface area contributed by atoms with Crippen LogP contribution in [0.1, 0.15) is 95.3 Å². The second-order valence-corrected chi connectivity index (χ2v) is 17.4. The SMILES string of the molecule is Cc1cc(Cc2ccc(OCOC=O)c(C(c3ccc(O)c(C)c3)c3ccc(O)c(C)c3)c2)c(OCC(=O)O)c(Cc2ccc(OCC(=O)O)c(C(c3ccc(O)c(C)c3)c3ccc(O)c(C)c3)c2)c1. The van der Waals surface area contributed by atoms with E-state index in [4.69, 9.17) is 18.9 Å². The lowest BCUT2D eigenvalue weighted by atomic mass is 9.82. The van der Waals surface area contributed by atoms with E-state index in [1.165, 1.54) is 0 Å². The Morgan fingerprint density at radius 1 is 0.486 bits per heavy atom. The number of phenolic OH excluding ortho intramolecular Hbond substituents is 4. The molecule has 0 atom stereocenters. The van der Waals surface area contributed by atoms with Crippen molar-refractivity contribution in [3.63, 3.8) is 0 Å². The highest BCUT2D eigenvalue weighted by molar-refractivity contribution is 5.69. The van der Waals surface area contributed by atoms with Gasteiger partial charge in [-0.05, 0) is 138 Å². The number of rotatable bonds is 20. The number of carboxylic acids is 2. The van der Waals surface area contributed by atoms with Crippen LogP contribution in [0.4, 0.5) is 0 Å². The number of hydrogen-bond acceptors (Lipinski definition) is 11. The maximum absolute atomic E-state index is 12.1. The summed E-state index contributed by atoms with van der Waals surface area (Å²) in [6.07, 6.45) is 0.524. The van der Waals surface area contributed by atoms with E-state index in [1.54, 1.807) is 76.2 Å². The molecular formula is C57H54O13. The molecule has 0 saturated carbocycles. The quantitative estimate of drug-likeness (QED) is 0.0182. The summed E-state index contributed by atoms with van der Waals surface area (Å²) in [6.45, 7) is 7.78. The molecule has 70 heavy (non-hydrogen) atoms. The summed E-state index contributed by atoms with van der Waals surface area (Å²) in [5.41, 5.74) is 10.8. The van der Waals surface area contributed by atoms with Crippen molar-refractivity contribution in [3.05, 3.63) is 205 Å². The van der Waals surface area contributed by atoms with Gasteiger partial charge in [0.25, 0.3) is 6.47 Å². The van der Waals surface area contributed by atoms with Gasteiger partial charge in [0, 0.05) is 35.8 Å². The van der Waals surface area contributed by atoms with Gasteiger partial charge in [0.05, 0.1) is 0 Å². The predicted octanol–water partition coefficient (Wildman–Crippen LogP) is 10.0. The fourth-order valence-corrected chi connectivity index (χ4v) is 8.88. The molecule has 6 N–H and O–H groups in total. The number of carbonyl (C=O) groups excluding carboxylic acids is 1. The van der Waals surface area contributed by atoms with E-state index in [2.05, 4.69) is 0 Å². The van der Waals surface area contributed by atoms with Crippen molar-refractivity contribution in [1.29, 1.82) is 0 Å². The first-order chi connectivity index (χ1) is 33.5. The Hall–Kier alpha value is -8.45. The van der Waals surface area contributed by atoms with Crippen LogP contribution in [0.2, 0.25) is 0 Å². The van der Waals surface area contributed by atoms with Crippen molar-refractivity contribution >= 4 is 18.4 Å². The van der Waals surface area contributed by atoms with Gasteiger partial charge in [-0.3, -0.25) is 4.79 Å². The van der Waals surface area contributed by atoms with E-state index < -0.39 is 37.0 Å². The number of ether oxygens (including phenoxy) is 4. The average Bonchev–Trinajstić information content (AvgIpc) is 3.31. The summed E-state index contributed by atoms with van der Waals surface area (Å²) in [6, 6.07) is 36.0. The third-order valence-electron chi connectivity index (χ3n) is 12.2. The molecule has 7 aromatic rings. The molecule has 0 unspecified atom stereocenters. The number of hydrogen-bond donors (Lipinski definition) is 6. The van der Waals surface area contributed by atoms with Crippen LogP contribution in [0.25, 0.3) is 0 Å². The fraction of sp³-hybridized carbons (Fsp3) is 0.211. The van der Waals surface area contributed by atoms with E-state index >= 15 is 0 Å². The van der Waals surface area contributed by atoms with E-state index in [0.717, 1.165) is 38.9 Å². The summed E-state index contributed by atoms with van der Waals surface area (Å²) >= 11 is 0. The summed E-state index contributed by atoms with van der Waals surface area (Å²) < 4.78 is 23.1. The van der Waals surface area contributed by atoms with Crippen molar-refractivity contribution < 1.29 is 64.0 Å². The first kappa shape index (κ1) is 49.5. The maximum Gasteiger partial charge on any atom is 0.341 e. The standard InChI is InChI=1S/C57H54O13/c1-32-18-43(24-37-6-16-51(68-28-53(63)64)45(26-37)55(39-8-12-47(59)33(2)20-39)40-9-13-48(60)34(3)21-40)57(69-29-54(65)66)44(19-32)25-38-7-17-52(70-31-67-30-58)46(27-38)56(41-10-14-49(61)35(4)22-41)42-11-15-50(62)36(5)23-42/h6-23,26-27,30,55-56,59-62H,24-25,28-29,31H2,1-5H3,(H,63,64)(H,65,66). The Labute approximate surface area is 405 Å². The molecule has 0 saturated heterocycles. The number of carbonyl (C=O) groups is 3. The molecule has 360 valence electrons. The second-order valence-electron chi connectivity index (χ2n) is 17.4. The van der Waals surface area contributed by atoms with Gasteiger partial charge in [0.1, 0.15) is 40.2 Å². The molecule has 13 heteroatoms. The van der Waals surface area contributed by atoms with E-state index in [-0.39, 0.29) is 42.6 Å². The molecule has 0 fully saturated rings. The third-order valence-corrected chi connectivity index (χ3v) is 12.2. The topological polar surface area (TPSA) is 210 Å². The maximum atomic E-state index is 12.1. The number of aryl methyl sites for hydroxylation is 5. The average molecular weight is 947 g/mol. The second kappa shape index (κ2) is 21.7. The van der Waals surface area contributed by atoms with Crippen LogP contribution in [-0.2, 0) is 32.0 Å². The summed E-state index contributed by atoms with van der Waals surface area (Å²) in [4.78, 5) is 35.2. The number of aliphatic carboxylic acids is 2. The van der Waals surface area contributed by atoms with E-state index in [9.17, 15) is 45.0 Å². The molecule has 0 aliphatic carbocycles. The van der Waals surface area contributed by atoms with Crippen molar-refractivity contribution in [2.45, 2.75) is 59.3 Å². The number of benzene rings is 7. The lowest BCUT2D eigenvalue weighted by molar-refractivity contribution is -0.140. The first-order valence-corrected chi connectivity index (χ1v) is 22.4. The summed E-state index contributed by atoms with van der Waals surface area (Å²) in [5, 5.41) is 61.6. The normalized spacial score (nSPS) is 11.1. The molecule has 0 radical (unpaired) electrons. The van der Waals surface area contributed by atoms with E-state index in [1.807, 2.05) is 79.7 Å². The number of carboxylic acid groups (broad SMARTS) is 2. The van der Waals surface area contributed by atoms with Crippen LogP contribution in [0.3, 0.4) is 0 Å². The Kier molecular flexibility index (Phi) is 15.3. The summed E-state index contributed by atoms with van der Waals surface area (Å²) in [7, 11) is 0. The Bertz CT molecular complexity index is 2980. The Balaban J connectivity index is 1.36. The fourth-order valence-electron chi connectivity index (χ4n) is 8.88. The van der Waals surface area contributed by atoms with Gasteiger partial charge in [-0.2, -0.15) is 0 Å². The van der Waals surface area contributed by atoms with Gasteiger partial charge >= 0.3 is 11.9 Å². The highest BCUT2D eigenvalue weighted by Crippen LogP contribution is 2.43. The smallest absolute Gasteiger partial charge is 0.341 e. The zero-order chi connectivity index (χ0) is 50.2. The third kappa shape index (κ3) is 11.6. The first-order valence-electron chi connectivity index (χ1n) is 22.4. The highest BCUT2D eigenvalue weighted by Gasteiger charge is 2.26. The van der Waals surface area contributed by atoms with Crippen LogP contribution in [0, 0.1) is 34.6 Å². The van der Waals surface area contributed by atoms with E-state index in [0.29, 0.717) is 68.2 Å². The van der Waals surface area contributed by atoms with Gasteiger partial charge in [-0.1, -0.05) is 90.5 Å². The van der Waals surface area contributed by atoms with Crippen molar-refractivity contribution in [1.82, 2.24) is 0 Å². The molecule has 0 aliphatic heterocycles. The molecule has 7 aromatic carbocycles. The molecule has 0 aromatic heterocycles. The molecule has 0 bridgehead atoms. The van der Waals surface area contributed by atoms with Gasteiger partial charge in [0.15, 0.2) is 13.2 Å². The predicted molar refractivity (Wildman–Crippen MR) is 262 cm³/mol. The monoisotopic (exact) mass is 946 g/mol. The minimum absolute atomic E-state index is 0.106. The number of aromatic hydroxyl groups is 4. The molecule has 0 heterocycles. The van der Waals surface area contributed by atoms with Crippen molar-refractivity contribution in [3.8, 4) is 40.2 Å². The zero-order valence-electron chi connectivity index (χ0n) is 39.4. The Morgan fingerprint density at radius 3 is 1.21 bits per heavy atom. The molecule has 0 aliphatic rings. The minimum Gasteiger partial charge on any atom is -0.508 e. The van der Waals surface area contributed by atoms with Gasteiger partial charge < -0.3 is 49.6 Å². The van der Waals surface area contributed by atoms with Gasteiger partial charge in [0.2, 0.25) is 6.79 Å². The van der Waals surface area contributed by atoms with Crippen LogP contribution in [0.5, 0.6) is 40.2 Å². The number of phenols is 4. The minimum atomic E-state index is -1.17. The lowest BCUT2D eigenvalue weighted by Crippen LogP contribution is -2.14. The summed E-state index contributed by atoms with van der Waals surface area (Å²) in [5.74, 6) is -1.85. The largest absolute Gasteiger partial charge is 0.508 e. The lowest BCUT2D eigenvalue weighted by Gasteiger charge is -2.24. The molecule has 0 spiro atoms.